The summed E-state index contributed by atoms with van der Waals surface area (Å²) >= 11 is 0. The normalized spacial score (nSPS) is 16.3. The maximum atomic E-state index is 12.9. The summed E-state index contributed by atoms with van der Waals surface area (Å²) in [6, 6.07) is 14.9. The summed E-state index contributed by atoms with van der Waals surface area (Å²) < 4.78 is 5.77. The van der Waals surface area contributed by atoms with Crippen LogP contribution >= 0.6 is 0 Å². The minimum Gasteiger partial charge on any atom is -0.448 e. The number of nitrogens with one attached hydrogen (secondary N) is 3. The van der Waals surface area contributed by atoms with E-state index < -0.39 is 24.1 Å². The van der Waals surface area contributed by atoms with Gasteiger partial charge in [-0.25, -0.2) is 4.79 Å². The maximum Gasteiger partial charge on any atom is 0.409 e. The first-order valence-corrected chi connectivity index (χ1v) is 15.3. The van der Waals surface area contributed by atoms with Crippen LogP contribution in [0.15, 0.2) is 48.5 Å². The molecule has 43 heavy (non-hydrogen) atoms. The largest absolute Gasteiger partial charge is 0.448 e. The van der Waals surface area contributed by atoms with Crippen molar-refractivity contribution in [1.29, 1.82) is 0 Å². The Balaban J connectivity index is 1.23. The van der Waals surface area contributed by atoms with Crippen molar-refractivity contribution in [1.82, 2.24) is 21.1 Å². The first-order valence-electron chi connectivity index (χ1n) is 15.3. The number of piperidine rings is 1. The lowest BCUT2D eigenvalue weighted by Gasteiger charge is -2.31. The number of nitrogens with zero attached hydrogens (tertiary/aromatic N) is 1. The molecule has 5 N–H and O–H groups in total. The number of ether oxygens (including phenoxy) is 1. The van der Waals surface area contributed by atoms with E-state index in [0.29, 0.717) is 38.8 Å². The number of hydrogen-bond acceptors (Lipinski definition) is 6. The SMILES string of the molecule is CC(C)C[C@H](N)C(=O)N[C@H](CC(C)C)C(=O)NNC(=O)C1CCN(C(=O)OCC2c3ccccc3-c3ccccc32)CC1. The van der Waals surface area contributed by atoms with Gasteiger partial charge in [-0.3, -0.25) is 25.2 Å². The summed E-state index contributed by atoms with van der Waals surface area (Å²) in [6.07, 6.45) is 1.41. The molecular formula is C33H45N5O5. The van der Waals surface area contributed by atoms with Crippen LogP contribution in [-0.2, 0) is 19.1 Å². The third-order valence-corrected chi connectivity index (χ3v) is 8.17. The minimum absolute atomic E-state index is 0.0153. The number of nitrogens with two attached hydrogens (primary N) is 1. The molecule has 2 aromatic rings. The van der Waals surface area contributed by atoms with E-state index in [9.17, 15) is 19.2 Å². The number of amides is 4. The molecule has 1 fully saturated rings. The fraction of sp³-hybridized carbons (Fsp3) is 0.515. The smallest absolute Gasteiger partial charge is 0.409 e. The van der Waals surface area contributed by atoms with Crippen molar-refractivity contribution in [2.75, 3.05) is 19.7 Å². The van der Waals surface area contributed by atoms with Gasteiger partial charge >= 0.3 is 6.09 Å². The number of likely N-dealkylation sites (tertiary alicyclic amines) is 1. The first kappa shape index (κ1) is 32.0. The zero-order valence-corrected chi connectivity index (χ0v) is 25.6. The van der Waals surface area contributed by atoms with Gasteiger partial charge in [-0.05, 0) is 59.8 Å². The Bertz CT molecular complexity index is 1260. The molecule has 4 rings (SSSR count). The van der Waals surface area contributed by atoms with Gasteiger partial charge in [-0.2, -0.15) is 0 Å². The van der Waals surface area contributed by atoms with Crippen molar-refractivity contribution in [2.24, 2.45) is 23.5 Å². The lowest BCUT2D eigenvalue weighted by molar-refractivity contribution is -0.134. The van der Waals surface area contributed by atoms with Gasteiger partial charge in [0.1, 0.15) is 12.6 Å². The summed E-state index contributed by atoms with van der Waals surface area (Å²) in [7, 11) is 0. The van der Waals surface area contributed by atoms with Crippen molar-refractivity contribution in [2.45, 2.75) is 71.4 Å². The molecule has 232 valence electrons. The summed E-state index contributed by atoms with van der Waals surface area (Å²) in [4.78, 5) is 52.8. The lowest BCUT2D eigenvalue weighted by Crippen LogP contribution is -2.56. The summed E-state index contributed by atoms with van der Waals surface area (Å²) in [5.41, 5.74) is 15.6. The number of carbonyl (C=O) groups is 4. The van der Waals surface area contributed by atoms with Crippen LogP contribution in [0.4, 0.5) is 4.79 Å². The Labute approximate surface area is 254 Å². The molecule has 2 atom stereocenters. The van der Waals surface area contributed by atoms with Crippen molar-refractivity contribution >= 4 is 23.8 Å². The summed E-state index contributed by atoms with van der Waals surface area (Å²) in [5.74, 6) is -1.21. The molecule has 0 saturated carbocycles. The van der Waals surface area contributed by atoms with Crippen molar-refractivity contribution in [3.8, 4) is 11.1 Å². The Morgan fingerprint density at radius 2 is 1.40 bits per heavy atom. The number of carbonyl (C=O) groups excluding carboxylic acids is 4. The summed E-state index contributed by atoms with van der Waals surface area (Å²) in [6.45, 7) is 8.85. The second-order valence-electron chi connectivity index (χ2n) is 12.5. The molecule has 1 aliphatic heterocycles. The molecular weight excluding hydrogens is 546 g/mol. The molecule has 0 unspecified atom stereocenters. The highest BCUT2D eigenvalue weighted by atomic mass is 16.6. The number of hydrazine groups is 1. The monoisotopic (exact) mass is 591 g/mol. The average molecular weight is 592 g/mol. The highest BCUT2D eigenvalue weighted by molar-refractivity contribution is 5.91. The van der Waals surface area contributed by atoms with Gasteiger partial charge in [0.25, 0.3) is 5.91 Å². The maximum absolute atomic E-state index is 12.9. The van der Waals surface area contributed by atoms with E-state index >= 15 is 0 Å². The van der Waals surface area contributed by atoms with E-state index in [1.807, 2.05) is 52.0 Å². The van der Waals surface area contributed by atoms with E-state index in [4.69, 9.17) is 10.5 Å². The second kappa shape index (κ2) is 14.5. The molecule has 10 nitrogen and oxygen atoms in total. The van der Waals surface area contributed by atoms with E-state index in [2.05, 4.69) is 40.4 Å². The Hall–Kier alpha value is -3.92. The van der Waals surface area contributed by atoms with Gasteiger partial charge in [0.2, 0.25) is 11.8 Å². The topological polar surface area (TPSA) is 143 Å². The van der Waals surface area contributed by atoms with Crippen LogP contribution in [0.25, 0.3) is 11.1 Å². The van der Waals surface area contributed by atoms with Gasteiger partial charge in [-0.1, -0.05) is 76.2 Å². The first-order chi connectivity index (χ1) is 20.5. The molecule has 1 heterocycles. The zero-order chi connectivity index (χ0) is 31.1. The van der Waals surface area contributed by atoms with Crippen LogP contribution in [-0.4, -0.2) is 60.5 Å². The molecule has 1 saturated heterocycles. The number of hydrogen-bond donors (Lipinski definition) is 4. The fourth-order valence-corrected chi connectivity index (χ4v) is 5.92. The number of benzene rings is 2. The number of rotatable bonds is 10. The fourth-order valence-electron chi connectivity index (χ4n) is 5.92. The molecule has 1 aliphatic carbocycles. The molecule has 10 heteroatoms. The molecule has 0 spiro atoms. The predicted octanol–water partition coefficient (Wildman–Crippen LogP) is 3.70. The van der Waals surface area contributed by atoms with Gasteiger partial charge in [-0.15, -0.1) is 0 Å². The highest BCUT2D eigenvalue weighted by Gasteiger charge is 2.32. The second-order valence-corrected chi connectivity index (χ2v) is 12.5. The van der Waals surface area contributed by atoms with Crippen molar-refractivity contribution in [3.63, 3.8) is 0 Å². The van der Waals surface area contributed by atoms with E-state index in [0.717, 1.165) is 11.1 Å². The van der Waals surface area contributed by atoms with Crippen molar-refractivity contribution in [3.05, 3.63) is 59.7 Å². The van der Waals surface area contributed by atoms with Crippen LogP contribution < -0.4 is 21.9 Å². The molecule has 0 radical (unpaired) electrons. The standard InChI is InChI=1S/C33H45N5O5/c1-20(2)17-28(34)31(40)35-29(18-21(3)4)32(41)37-36-30(39)22-13-15-38(16-14-22)33(42)43-19-27-25-11-7-5-9-23(25)24-10-6-8-12-26(24)27/h5-12,20-22,27-29H,13-19,34H2,1-4H3,(H,35,40)(H,36,39)(H,37,41)/t28-,29+/m0/s1. The molecule has 2 aromatic carbocycles. The van der Waals surface area contributed by atoms with Gasteiger partial charge < -0.3 is 20.7 Å². The van der Waals surface area contributed by atoms with Gasteiger partial charge in [0, 0.05) is 24.9 Å². The molecule has 4 amide bonds. The van der Waals surface area contributed by atoms with Crippen LogP contribution in [0, 0.1) is 17.8 Å². The quantitative estimate of drug-likeness (QED) is 0.311. The molecule has 0 aromatic heterocycles. The lowest BCUT2D eigenvalue weighted by atomic mass is 9.96. The Morgan fingerprint density at radius 3 is 1.95 bits per heavy atom. The van der Waals surface area contributed by atoms with Crippen LogP contribution in [0.2, 0.25) is 0 Å². The minimum atomic E-state index is -0.818. The predicted molar refractivity (Wildman–Crippen MR) is 164 cm³/mol. The Morgan fingerprint density at radius 1 is 0.837 bits per heavy atom. The zero-order valence-electron chi connectivity index (χ0n) is 25.6. The van der Waals surface area contributed by atoms with Crippen LogP contribution in [0.3, 0.4) is 0 Å². The highest BCUT2D eigenvalue weighted by Crippen LogP contribution is 2.44. The van der Waals surface area contributed by atoms with Crippen LogP contribution in [0.5, 0.6) is 0 Å². The third-order valence-electron chi connectivity index (χ3n) is 8.17. The van der Waals surface area contributed by atoms with Crippen LogP contribution in [0.1, 0.15) is 70.4 Å². The molecule has 0 bridgehead atoms. The molecule has 2 aliphatic rings. The average Bonchev–Trinajstić information content (AvgIpc) is 3.31. The van der Waals surface area contributed by atoms with E-state index in [1.165, 1.54) is 11.1 Å². The number of fused-ring (bicyclic) bond motifs is 3. The van der Waals surface area contributed by atoms with Gasteiger partial charge in [0.05, 0.1) is 6.04 Å². The third kappa shape index (κ3) is 8.13. The van der Waals surface area contributed by atoms with E-state index in [-0.39, 0.29) is 42.1 Å². The van der Waals surface area contributed by atoms with E-state index in [1.54, 1.807) is 4.90 Å². The Kier molecular flexibility index (Phi) is 10.8. The summed E-state index contributed by atoms with van der Waals surface area (Å²) in [5, 5.41) is 2.73. The van der Waals surface area contributed by atoms with Crippen molar-refractivity contribution < 1.29 is 23.9 Å². The van der Waals surface area contributed by atoms with Gasteiger partial charge in [0.15, 0.2) is 0 Å².